The Bertz CT molecular complexity index is 201. The topological polar surface area (TPSA) is 102 Å². The molecular formula is C9H19NO5. The molecule has 0 aromatic heterocycles. The van der Waals surface area contributed by atoms with Crippen molar-refractivity contribution in [3.8, 4) is 0 Å². The minimum Gasteiger partial charge on any atom is -0.388 e. The maximum absolute atomic E-state index is 9.55. The number of nitrogens with one attached hydrogen (secondary N) is 1. The van der Waals surface area contributed by atoms with Gasteiger partial charge in [-0.15, -0.1) is 0 Å². The number of ether oxygens (including phenoxy) is 1. The molecule has 0 radical (unpaired) electrons. The van der Waals surface area contributed by atoms with Crippen molar-refractivity contribution in [3.05, 3.63) is 0 Å². The van der Waals surface area contributed by atoms with Gasteiger partial charge >= 0.3 is 0 Å². The number of hydrogen-bond donors (Lipinski definition) is 5. The zero-order valence-corrected chi connectivity index (χ0v) is 8.87. The molecule has 15 heavy (non-hydrogen) atoms. The van der Waals surface area contributed by atoms with Crippen molar-refractivity contribution in [2.45, 2.75) is 50.6 Å². The second kappa shape index (κ2) is 5.20. The van der Waals surface area contributed by atoms with Crippen LogP contribution in [-0.4, -0.2) is 63.7 Å². The molecule has 0 saturated carbocycles. The van der Waals surface area contributed by atoms with Crippen LogP contribution < -0.4 is 5.32 Å². The van der Waals surface area contributed by atoms with E-state index in [2.05, 4.69) is 5.32 Å². The van der Waals surface area contributed by atoms with Crippen molar-refractivity contribution < 1.29 is 25.2 Å². The van der Waals surface area contributed by atoms with E-state index in [0.29, 0.717) is 6.54 Å². The van der Waals surface area contributed by atoms with Crippen LogP contribution in [0.3, 0.4) is 0 Å². The molecule has 6 nitrogen and oxygen atoms in total. The highest BCUT2D eigenvalue weighted by Gasteiger charge is 2.42. The van der Waals surface area contributed by atoms with Crippen molar-refractivity contribution in [1.82, 2.24) is 5.32 Å². The Morgan fingerprint density at radius 1 is 1.07 bits per heavy atom. The van der Waals surface area contributed by atoms with Gasteiger partial charge in [-0.25, -0.2) is 0 Å². The first-order chi connectivity index (χ1) is 6.93. The van der Waals surface area contributed by atoms with Crippen LogP contribution in [0.25, 0.3) is 0 Å². The average Bonchev–Trinajstić information content (AvgIpc) is 2.18. The maximum atomic E-state index is 9.55. The first kappa shape index (κ1) is 12.8. The van der Waals surface area contributed by atoms with E-state index in [1.165, 1.54) is 0 Å². The van der Waals surface area contributed by atoms with E-state index in [-0.39, 0.29) is 6.04 Å². The highest BCUT2D eigenvalue weighted by molar-refractivity contribution is 4.89. The van der Waals surface area contributed by atoms with Gasteiger partial charge < -0.3 is 30.5 Å². The quantitative estimate of drug-likeness (QED) is 0.370. The van der Waals surface area contributed by atoms with E-state index in [1.807, 2.05) is 13.8 Å². The molecule has 1 aliphatic heterocycles. The van der Waals surface area contributed by atoms with E-state index in [1.54, 1.807) is 0 Å². The van der Waals surface area contributed by atoms with E-state index >= 15 is 0 Å². The van der Waals surface area contributed by atoms with E-state index in [9.17, 15) is 20.4 Å². The highest BCUT2D eigenvalue weighted by atomic mass is 16.6. The number of rotatable bonds is 3. The third-order valence-corrected chi connectivity index (χ3v) is 2.41. The van der Waals surface area contributed by atoms with Gasteiger partial charge in [0.05, 0.1) is 0 Å². The fraction of sp³-hybridized carbons (Fsp3) is 1.00. The fourth-order valence-corrected chi connectivity index (χ4v) is 1.45. The molecular weight excluding hydrogens is 202 g/mol. The molecule has 0 aromatic carbocycles. The molecule has 1 heterocycles. The van der Waals surface area contributed by atoms with Crippen molar-refractivity contribution in [2.24, 2.45) is 0 Å². The van der Waals surface area contributed by atoms with Crippen LogP contribution in [0.4, 0.5) is 0 Å². The summed E-state index contributed by atoms with van der Waals surface area (Å²) in [5.74, 6) is 0. The molecule has 1 fully saturated rings. The Labute approximate surface area is 88.5 Å². The molecule has 0 aliphatic carbocycles. The Morgan fingerprint density at radius 2 is 1.67 bits per heavy atom. The third-order valence-electron chi connectivity index (χ3n) is 2.41. The number of aliphatic hydroxyl groups is 4. The summed E-state index contributed by atoms with van der Waals surface area (Å²) >= 11 is 0. The molecule has 5 atom stereocenters. The summed E-state index contributed by atoms with van der Waals surface area (Å²) < 4.78 is 4.96. The van der Waals surface area contributed by atoms with Gasteiger partial charge in [-0.2, -0.15) is 0 Å². The Balaban J connectivity index is 2.51. The second-order valence-electron chi connectivity index (χ2n) is 4.10. The van der Waals surface area contributed by atoms with E-state index < -0.39 is 30.7 Å². The zero-order valence-electron chi connectivity index (χ0n) is 8.87. The summed E-state index contributed by atoms with van der Waals surface area (Å²) in [5, 5.41) is 40.4. The maximum Gasteiger partial charge on any atom is 0.184 e. The standard InChI is InChI=1S/C9H19NO5/c1-4(2)10-3-5-6(11)7(12)8(13)9(14)15-5/h4-14H,3H2,1-2H3/t5-,6-,7+,8-,9?/m1/s1. The Kier molecular flexibility index (Phi) is 4.45. The monoisotopic (exact) mass is 221 g/mol. The van der Waals surface area contributed by atoms with Crippen LogP contribution in [-0.2, 0) is 4.74 Å². The molecule has 0 spiro atoms. The molecule has 6 heteroatoms. The highest BCUT2D eigenvalue weighted by Crippen LogP contribution is 2.19. The smallest absolute Gasteiger partial charge is 0.184 e. The van der Waals surface area contributed by atoms with Crippen molar-refractivity contribution >= 4 is 0 Å². The summed E-state index contributed by atoms with van der Waals surface area (Å²) in [4.78, 5) is 0. The van der Waals surface area contributed by atoms with Crippen LogP contribution in [0.2, 0.25) is 0 Å². The van der Waals surface area contributed by atoms with Crippen LogP contribution in [0, 0.1) is 0 Å². The van der Waals surface area contributed by atoms with Gasteiger partial charge in [0.25, 0.3) is 0 Å². The number of hydrogen-bond acceptors (Lipinski definition) is 6. The summed E-state index contributed by atoms with van der Waals surface area (Å²) in [6, 6.07) is 0.210. The largest absolute Gasteiger partial charge is 0.388 e. The van der Waals surface area contributed by atoms with Gasteiger partial charge in [-0.1, -0.05) is 13.8 Å². The molecule has 0 aromatic rings. The predicted octanol–water partition coefficient (Wildman–Crippen LogP) is -2.22. The van der Waals surface area contributed by atoms with Gasteiger partial charge in [0.1, 0.15) is 24.4 Å². The molecule has 1 unspecified atom stereocenters. The van der Waals surface area contributed by atoms with Gasteiger partial charge in [-0.3, -0.25) is 0 Å². The number of aliphatic hydroxyl groups excluding tert-OH is 4. The van der Waals surface area contributed by atoms with Gasteiger partial charge in [0, 0.05) is 12.6 Å². The lowest BCUT2D eigenvalue weighted by Gasteiger charge is -2.38. The van der Waals surface area contributed by atoms with Crippen molar-refractivity contribution in [1.29, 1.82) is 0 Å². The lowest BCUT2D eigenvalue weighted by molar-refractivity contribution is -0.280. The minimum absolute atomic E-state index is 0.210. The third kappa shape index (κ3) is 3.10. The lowest BCUT2D eigenvalue weighted by atomic mass is 9.99. The molecule has 1 rings (SSSR count). The van der Waals surface area contributed by atoms with E-state index in [4.69, 9.17) is 4.74 Å². The van der Waals surface area contributed by atoms with Crippen LogP contribution in [0.1, 0.15) is 13.8 Å². The second-order valence-corrected chi connectivity index (χ2v) is 4.10. The Morgan fingerprint density at radius 3 is 2.20 bits per heavy atom. The molecule has 1 aliphatic rings. The molecule has 5 N–H and O–H groups in total. The Hall–Kier alpha value is -0.240. The SMILES string of the molecule is CC(C)NC[C@H]1OC(O)[C@H](O)[C@@H](O)[C@@H]1O. The van der Waals surface area contributed by atoms with E-state index in [0.717, 1.165) is 0 Å². The first-order valence-electron chi connectivity index (χ1n) is 5.04. The molecule has 90 valence electrons. The summed E-state index contributed by atoms with van der Waals surface area (Å²) in [6.07, 6.45) is -6.22. The predicted molar refractivity (Wildman–Crippen MR) is 52.0 cm³/mol. The fourth-order valence-electron chi connectivity index (χ4n) is 1.45. The average molecular weight is 221 g/mol. The minimum atomic E-state index is -1.46. The molecule has 1 saturated heterocycles. The van der Waals surface area contributed by atoms with Gasteiger partial charge in [0.2, 0.25) is 0 Å². The lowest BCUT2D eigenvalue weighted by Crippen LogP contribution is -2.60. The zero-order chi connectivity index (χ0) is 11.6. The van der Waals surface area contributed by atoms with Crippen molar-refractivity contribution in [2.75, 3.05) is 6.54 Å². The van der Waals surface area contributed by atoms with Crippen LogP contribution in [0.5, 0.6) is 0 Å². The normalized spacial score (nSPS) is 42.2. The molecule has 0 amide bonds. The van der Waals surface area contributed by atoms with Crippen molar-refractivity contribution in [3.63, 3.8) is 0 Å². The van der Waals surface area contributed by atoms with Crippen LogP contribution in [0.15, 0.2) is 0 Å². The first-order valence-corrected chi connectivity index (χ1v) is 5.04. The molecule has 0 bridgehead atoms. The van der Waals surface area contributed by atoms with Crippen LogP contribution >= 0.6 is 0 Å². The summed E-state index contributed by atoms with van der Waals surface area (Å²) in [7, 11) is 0. The van der Waals surface area contributed by atoms with Gasteiger partial charge in [-0.05, 0) is 0 Å². The van der Waals surface area contributed by atoms with Gasteiger partial charge in [0.15, 0.2) is 6.29 Å². The summed E-state index contributed by atoms with van der Waals surface area (Å²) in [5.41, 5.74) is 0. The summed E-state index contributed by atoms with van der Waals surface area (Å²) in [6.45, 7) is 4.16.